The van der Waals surface area contributed by atoms with Crippen molar-refractivity contribution in [1.82, 2.24) is 14.9 Å². The van der Waals surface area contributed by atoms with Crippen molar-refractivity contribution >= 4 is 0 Å². The van der Waals surface area contributed by atoms with Crippen LogP contribution in [0, 0.1) is 0 Å². The molecule has 2 rings (SSSR count). The zero-order valence-corrected chi connectivity index (χ0v) is 7.30. The highest BCUT2D eigenvalue weighted by molar-refractivity contribution is 5.09. The number of rotatable bonds is 1. The molecule has 0 bridgehead atoms. The summed E-state index contributed by atoms with van der Waals surface area (Å²) in [5.74, 6) is -0.108. The van der Waals surface area contributed by atoms with Crippen LogP contribution in [0.15, 0.2) is 6.20 Å². The topological polar surface area (TPSA) is 29.9 Å². The summed E-state index contributed by atoms with van der Waals surface area (Å²) in [5.41, 5.74) is 0.841. The Bertz CT molecular complexity index is 308. The maximum Gasteiger partial charge on any atom is 0.295 e. The molecule has 3 nitrogen and oxygen atoms in total. The summed E-state index contributed by atoms with van der Waals surface area (Å²) >= 11 is 0. The molecule has 1 N–H and O–H groups in total. The number of hydrogen-bond donors (Lipinski definition) is 1. The maximum absolute atomic E-state index is 12.4. The van der Waals surface area contributed by atoms with Gasteiger partial charge in [-0.2, -0.15) is 0 Å². The Balaban J connectivity index is 2.35. The van der Waals surface area contributed by atoms with E-state index in [0.29, 0.717) is 13.1 Å². The van der Waals surface area contributed by atoms with Gasteiger partial charge in [0.25, 0.3) is 6.43 Å². The van der Waals surface area contributed by atoms with Crippen LogP contribution in [-0.4, -0.2) is 15.6 Å². The minimum atomic E-state index is -2.47. The Labute approximate surface area is 74.8 Å². The van der Waals surface area contributed by atoms with Gasteiger partial charge >= 0.3 is 0 Å². The summed E-state index contributed by atoms with van der Waals surface area (Å²) in [6.07, 6.45) is -0.959. The van der Waals surface area contributed by atoms with Gasteiger partial charge in [-0.1, -0.05) is 0 Å². The van der Waals surface area contributed by atoms with E-state index < -0.39 is 6.43 Å². The molecule has 1 aliphatic rings. The molecule has 72 valence electrons. The number of hydrogen-bond acceptors (Lipinski definition) is 2. The van der Waals surface area contributed by atoms with Crippen molar-refractivity contribution in [1.29, 1.82) is 0 Å². The lowest BCUT2D eigenvalue weighted by Gasteiger charge is -2.23. The molecule has 1 atom stereocenters. The van der Waals surface area contributed by atoms with Gasteiger partial charge in [-0.05, 0) is 6.92 Å². The lowest BCUT2D eigenvalue weighted by atomic mass is 10.2. The molecule has 5 heteroatoms. The highest BCUT2D eigenvalue weighted by atomic mass is 19.3. The highest BCUT2D eigenvalue weighted by Gasteiger charge is 2.22. The molecule has 0 spiro atoms. The van der Waals surface area contributed by atoms with E-state index in [2.05, 4.69) is 10.3 Å². The second-order valence-corrected chi connectivity index (χ2v) is 3.30. The van der Waals surface area contributed by atoms with E-state index in [9.17, 15) is 8.78 Å². The molecular weight excluding hydrogens is 176 g/mol. The molecule has 0 saturated carbocycles. The van der Waals surface area contributed by atoms with Gasteiger partial charge < -0.3 is 9.88 Å². The first-order valence-corrected chi connectivity index (χ1v) is 4.24. The fourth-order valence-corrected chi connectivity index (χ4v) is 1.57. The fraction of sp³-hybridized carbons (Fsp3) is 0.625. The Morgan fingerprint density at radius 2 is 2.46 bits per heavy atom. The lowest BCUT2D eigenvalue weighted by molar-refractivity contribution is 0.133. The van der Waals surface area contributed by atoms with Crippen molar-refractivity contribution in [2.75, 3.05) is 0 Å². The summed E-state index contributed by atoms with van der Waals surface area (Å²) in [6.45, 7) is 3.17. The molecule has 1 unspecified atom stereocenters. The number of aromatic nitrogens is 2. The van der Waals surface area contributed by atoms with Crippen molar-refractivity contribution in [3.8, 4) is 0 Å². The zero-order chi connectivity index (χ0) is 9.42. The van der Waals surface area contributed by atoms with Crippen LogP contribution >= 0.6 is 0 Å². The van der Waals surface area contributed by atoms with Crippen LogP contribution in [0.25, 0.3) is 0 Å². The summed E-state index contributed by atoms with van der Waals surface area (Å²) in [7, 11) is 0. The maximum atomic E-state index is 12.4. The van der Waals surface area contributed by atoms with Gasteiger partial charge in [-0.3, -0.25) is 0 Å². The Hall–Kier alpha value is -0.970. The third kappa shape index (κ3) is 1.44. The summed E-state index contributed by atoms with van der Waals surface area (Å²) < 4.78 is 26.4. The van der Waals surface area contributed by atoms with E-state index >= 15 is 0 Å². The molecule has 1 aromatic heterocycles. The molecule has 0 aliphatic carbocycles. The van der Waals surface area contributed by atoms with Crippen molar-refractivity contribution in [2.45, 2.75) is 32.5 Å². The van der Waals surface area contributed by atoms with Gasteiger partial charge in [0.05, 0.1) is 11.9 Å². The zero-order valence-electron chi connectivity index (χ0n) is 7.30. The predicted octanol–water partition coefficient (Wildman–Crippen LogP) is 1.31. The average Bonchev–Trinajstić information content (AvgIpc) is 2.46. The molecule has 0 aromatic carbocycles. The Morgan fingerprint density at radius 3 is 3.15 bits per heavy atom. The molecule has 0 fully saturated rings. The second kappa shape index (κ2) is 3.06. The van der Waals surface area contributed by atoms with Crippen LogP contribution in [0.4, 0.5) is 8.78 Å². The van der Waals surface area contributed by atoms with Gasteiger partial charge in [0.1, 0.15) is 0 Å². The Kier molecular flexibility index (Phi) is 2.03. The standard InChI is InChI=1S/C8H11F2N3/c1-5-4-13-6(2-11-5)3-12-8(13)7(9)10/h3,5,7,11H,2,4H2,1H3. The largest absolute Gasteiger partial charge is 0.324 e. The predicted molar refractivity (Wildman–Crippen MR) is 43.5 cm³/mol. The molecule has 13 heavy (non-hydrogen) atoms. The van der Waals surface area contributed by atoms with E-state index in [0.717, 1.165) is 5.69 Å². The third-order valence-electron chi connectivity index (χ3n) is 2.25. The van der Waals surface area contributed by atoms with Crippen molar-refractivity contribution in [2.24, 2.45) is 0 Å². The number of nitrogens with one attached hydrogen (secondary N) is 1. The summed E-state index contributed by atoms with van der Waals surface area (Å²) in [5, 5.41) is 3.18. The minimum Gasteiger partial charge on any atom is -0.324 e. The smallest absolute Gasteiger partial charge is 0.295 e. The van der Waals surface area contributed by atoms with E-state index in [4.69, 9.17) is 0 Å². The minimum absolute atomic E-state index is 0.108. The van der Waals surface area contributed by atoms with E-state index in [-0.39, 0.29) is 11.9 Å². The first-order valence-electron chi connectivity index (χ1n) is 4.24. The van der Waals surface area contributed by atoms with Crippen LogP contribution in [0.5, 0.6) is 0 Å². The molecule has 1 aromatic rings. The average molecular weight is 187 g/mol. The normalized spacial score (nSPS) is 22.0. The highest BCUT2D eigenvalue weighted by Crippen LogP contribution is 2.21. The molecule has 0 saturated heterocycles. The van der Waals surface area contributed by atoms with Crippen LogP contribution in [0.2, 0.25) is 0 Å². The molecule has 1 aliphatic heterocycles. The molecule has 0 amide bonds. The summed E-state index contributed by atoms with van der Waals surface area (Å²) in [4.78, 5) is 3.70. The van der Waals surface area contributed by atoms with Crippen molar-refractivity contribution in [3.05, 3.63) is 17.7 Å². The van der Waals surface area contributed by atoms with Crippen molar-refractivity contribution in [3.63, 3.8) is 0 Å². The first-order chi connectivity index (χ1) is 6.18. The van der Waals surface area contributed by atoms with Crippen LogP contribution in [0.1, 0.15) is 24.9 Å². The first kappa shape index (κ1) is 8.62. The Morgan fingerprint density at radius 1 is 1.69 bits per heavy atom. The number of nitrogens with zero attached hydrogens (tertiary/aromatic N) is 2. The van der Waals surface area contributed by atoms with E-state index in [1.165, 1.54) is 6.20 Å². The summed E-state index contributed by atoms with van der Waals surface area (Å²) in [6, 6.07) is 0.235. The van der Waals surface area contributed by atoms with Crippen LogP contribution < -0.4 is 5.32 Å². The van der Waals surface area contributed by atoms with E-state index in [1.807, 2.05) is 6.92 Å². The van der Waals surface area contributed by atoms with Gasteiger partial charge in [0.15, 0.2) is 5.82 Å². The fourth-order valence-electron chi connectivity index (χ4n) is 1.57. The molecule has 2 heterocycles. The van der Waals surface area contributed by atoms with Crippen LogP contribution in [-0.2, 0) is 13.1 Å². The van der Waals surface area contributed by atoms with Gasteiger partial charge in [0, 0.05) is 19.1 Å². The van der Waals surface area contributed by atoms with Crippen LogP contribution in [0.3, 0.4) is 0 Å². The number of alkyl halides is 2. The number of fused-ring (bicyclic) bond motifs is 1. The van der Waals surface area contributed by atoms with Gasteiger partial charge in [-0.15, -0.1) is 0 Å². The molecule has 0 radical (unpaired) electrons. The second-order valence-electron chi connectivity index (χ2n) is 3.30. The number of halogens is 2. The lowest BCUT2D eigenvalue weighted by Crippen LogP contribution is -2.36. The van der Waals surface area contributed by atoms with E-state index in [1.54, 1.807) is 4.57 Å². The number of imidazole rings is 1. The quantitative estimate of drug-likeness (QED) is 0.718. The molecular formula is C8H11F2N3. The van der Waals surface area contributed by atoms with Crippen molar-refractivity contribution < 1.29 is 8.78 Å². The van der Waals surface area contributed by atoms with Gasteiger partial charge in [0.2, 0.25) is 0 Å². The monoisotopic (exact) mass is 187 g/mol. The third-order valence-corrected chi connectivity index (χ3v) is 2.25. The SMILES string of the molecule is CC1Cn2c(cnc2C(F)F)CN1. The van der Waals surface area contributed by atoms with Gasteiger partial charge in [-0.25, -0.2) is 13.8 Å².